The Morgan fingerprint density at radius 3 is 2.42 bits per heavy atom. The molecule has 3 nitrogen and oxygen atoms in total. The molecule has 2 N–H and O–H groups in total. The first-order valence-corrected chi connectivity index (χ1v) is 8.30. The van der Waals surface area contributed by atoms with Gasteiger partial charge < -0.3 is 15.2 Å². The maximum atomic E-state index is 10.4. The van der Waals surface area contributed by atoms with Gasteiger partial charge in [-0.05, 0) is 38.5 Å². The second kappa shape index (κ2) is 5.71. The van der Waals surface area contributed by atoms with Gasteiger partial charge in [-0.1, -0.05) is 32.1 Å². The Labute approximate surface area is 117 Å². The Bertz CT molecular complexity index is 288. The van der Waals surface area contributed by atoms with E-state index >= 15 is 0 Å². The zero-order valence-electron chi connectivity index (χ0n) is 12.1. The van der Waals surface area contributed by atoms with E-state index < -0.39 is 5.60 Å². The molecule has 3 fully saturated rings. The SMILES string of the molecule is OC1(CNC2CCOC3(CCCCC3)C2)CCCC1. The average Bonchev–Trinajstić information content (AvgIpc) is 2.85. The van der Waals surface area contributed by atoms with E-state index in [4.69, 9.17) is 4.74 Å². The molecule has 1 saturated heterocycles. The van der Waals surface area contributed by atoms with E-state index in [1.807, 2.05) is 0 Å². The van der Waals surface area contributed by atoms with Crippen molar-refractivity contribution in [3.05, 3.63) is 0 Å². The second-order valence-electron chi connectivity index (χ2n) is 7.09. The highest BCUT2D eigenvalue weighted by atomic mass is 16.5. The zero-order chi connectivity index (χ0) is 13.2. The van der Waals surface area contributed by atoms with Crippen LogP contribution in [0.5, 0.6) is 0 Å². The molecule has 0 amide bonds. The van der Waals surface area contributed by atoms with E-state index in [9.17, 15) is 5.11 Å². The molecular weight excluding hydrogens is 238 g/mol. The van der Waals surface area contributed by atoms with Crippen molar-refractivity contribution in [3.8, 4) is 0 Å². The molecule has 2 saturated carbocycles. The van der Waals surface area contributed by atoms with Crippen LogP contribution in [-0.4, -0.2) is 35.5 Å². The maximum absolute atomic E-state index is 10.4. The van der Waals surface area contributed by atoms with E-state index in [1.165, 1.54) is 44.9 Å². The van der Waals surface area contributed by atoms with Crippen LogP contribution in [0.4, 0.5) is 0 Å². The Morgan fingerprint density at radius 1 is 1.00 bits per heavy atom. The molecular formula is C16H29NO2. The van der Waals surface area contributed by atoms with Crippen LogP contribution in [0.1, 0.15) is 70.6 Å². The smallest absolute Gasteiger partial charge is 0.0771 e. The largest absolute Gasteiger partial charge is 0.389 e. The van der Waals surface area contributed by atoms with Gasteiger partial charge >= 0.3 is 0 Å². The predicted octanol–water partition coefficient (Wildman–Crippen LogP) is 2.76. The van der Waals surface area contributed by atoms with Crippen LogP contribution in [0.15, 0.2) is 0 Å². The first-order chi connectivity index (χ1) is 9.20. The highest BCUT2D eigenvalue weighted by Crippen LogP contribution is 2.38. The van der Waals surface area contributed by atoms with Gasteiger partial charge in [-0.2, -0.15) is 0 Å². The molecule has 1 heterocycles. The Morgan fingerprint density at radius 2 is 1.68 bits per heavy atom. The number of nitrogens with one attached hydrogen (secondary N) is 1. The summed E-state index contributed by atoms with van der Waals surface area (Å²) in [5.74, 6) is 0. The van der Waals surface area contributed by atoms with Gasteiger partial charge in [0.15, 0.2) is 0 Å². The highest BCUT2D eigenvalue weighted by Gasteiger charge is 2.39. The van der Waals surface area contributed by atoms with Crippen molar-refractivity contribution in [2.45, 2.75) is 87.9 Å². The number of ether oxygens (including phenoxy) is 1. The van der Waals surface area contributed by atoms with E-state index in [0.717, 1.165) is 38.8 Å². The number of hydrogen-bond donors (Lipinski definition) is 2. The van der Waals surface area contributed by atoms with Crippen molar-refractivity contribution in [2.75, 3.05) is 13.2 Å². The van der Waals surface area contributed by atoms with Gasteiger partial charge in [0.05, 0.1) is 11.2 Å². The van der Waals surface area contributed by atoms with Crippen molar-refractivity contribution in [1.29, 1.82) is 0 Å². The van der Waals surface area contributed by atoms with Crippen LogP contribution in [0.2, 0.25) is 0 Å². The first-order valence-electron chi connectivity index (χ1n) is 8.30. The van der Waals surface area contributed by atoms with Gasteiger partial charge in [-0.3, -0.25) is 0 Å². The lowest BCUT2D eigenvalue weighted by molar-refractivity contribution is -0.110. The molecule has 0 bridgehead atoms. The minimum Gasteiger partial charge on any atom is -0.389 e. The molecule has 1 spiro atoms. The second-order valence-corrected chi connectivity index (χ2v) is 7.09. The molecule has 0 aromatic heterocycles. The summed E-state index contributed by atoms with van der Waals surface area (Å²) in [6, 6.07) is 0.552. The summed E-state index contributed by atoms with van der Waals surface area (Å²) in [4.78, 5) is 0. The van der Waals surface area contributed by atoms with Gasteiger partial charge in [0.1, 0.15) is 0 Å². The van der Waals surface area contributed by atoms with Crippen LogP contribution in [0.3, 0.4) is 0 Å². The molecule has 3 rings (SSSR count). The van der Waals surface area contributed by atoms with E-state index in [0.29, 0.717) is 6.04 Å². The maximum Gasteiger partial charge on any atom is 0.0771 e. The molecule has 1 unspecified atom stereocenters. The van der Waals surface area contributed by atoms with Crippen molar-refractivity contribution < 1.29 is 9.84 Å². The van der Waals surface area contributed by atoms with Gasteiger partial charge in [-0.15, -0.1) is 0 Å². The van der Waals surface area contributed by atoms with E-state index in [1.54, 1.807) is 0 Å². The third-order valence-electron chi connectivity index (χ3n) is 5.51. The van der Waals surface area contributed by atoms with Crippen LogP contribution < -0.4 is 5.32 Å². The molecule has 0 aromatic carbocycles. The molecule has 110 valence electrons. The Hall–Kier alpha value is -0.120. The molecule has 3 aliphatic rings. The quantitative estimate of drug-likeness (QED) is 0.826. The Balaban J connectivity index is 1.50. The molecule has 3 heteroatoms. The summed E-state index contributed by atoms with van der Waals surface area (Å²) in [6.45, 7) is 1.68. The molecule has 0 radical (unpaired) electrons. The van der Waals surface area contributed by atoms with E-state index in [2.05, 4.69) is 5.32 Å². The minimum absolute atomic E-state index is 0.173. The van der Waals surface area contributed by atoms with Crippen LogP contribution >= 0.6 is 0 Å². The number of rotatable bonds is 3. The fraction of sp³-hybridized carbons (Fsp3) is 1.00. The summed E-state index contributed by atoms with van der Waals surface area (Å²) in [5.41, 5.74) is -0.246. The van der Waals surface area contributed by atoms with Gasteiger partial charge in [-0.25, -0.2) is 0 Å². The minimum atomic E-state index is -0.419. The molecule has 1 atom stereocenters. The number of aliphatic hydroxyl groups is 1. The molecule has 2 aliphatic carbocycles. The lowest BCUT2D eigenvalue weighted by Gasteiger charge is -2.44. The third-order valence-corrected chi connectivity index (χ3v) is 5.51. The summed E-state index contributed by atoms with van der Waals surface area (Å²) in [5, 5.41) is 14.1. The van der Waals surface area contributed by atoms with Crippen LogP contribution in [0.25, 0.3) is 0 Å². The first kappa shape index (κ1) is 13.8. The van der Waals surface area contributed by atoms with Crippen LogP contribution in [0, 0.1) is 0 Å². The monoisotopic (exact) mass is 267 g/mol. The normalized spacial score (nSPS) is 33.6. The van der Waals surface area contributed by atoms with Crippen molar-refractivity contribution in [2.24, 2.45) is 0 Å². The Kier molecular flexibility index (Phi) is 4.16. The standard InChI is InChI=1S/C16H29NO2/c18-15(7-4-5-8-15)13-17-14-6-11-19-16(12-14)9-2-1-3-10-16/h14,17-18H,1-13H2. The summed E-state index contributed by atoms with van der Waals surface area (Å²) < 4.78 is 6.13. The van der Waals surface area contributed by atoms with Crippen molar-refractivity contribution in [1.82, 2.24) is 5.32 Å². The number of hydrogen-bond acceptors (Lipinski definition) is 3. The molecule has 19 heavy (non-hydrogen) atoms. The fourth-order valence-electron chi connectivity index (χ4n) is 4.29. The fourth-order valence-corrected chi connectivity index (χ4v) is 4.29. The average molecular weight is 267 g/mol. The van der Waals surface area contributed by atoms with Gasteiger partial charge in [0, 0.05) is 19.2 Å². The van der Waals surface area contributed by atoms with Gasteiger partial charge in [0.2, 0.25) is 0 Å². The lowest BCUT2D eigenvalue weighted by Crippen LogP contribution is -2.51. The lowest BCUT2D eigenvalue weighted by atomic mass is 9.78. The van der Waals surface area contributed by atoms with Crippen molar-refractivity contribution >= 4 is 0 Å². The van der Waals surface area contributed by atoms with Crippen LogP contribution in [-0.2, 0) is 4.74 Å². The summed E-state index contributed by atoms with van der Waals surface area (Å²) in [6.07, 6.45) is 13.1. The topological polar surface area (TPSA) is 41.5 Å². The predicted molar refractivity (Wildman–Crippen MR) is 76.2 cm³/mol. The van der Waals surface area contributed by atoms with Gasteiger partial charge in [0.25, 0.3) is 0 Å². The highest BCUT2D eigenvalue weighted by molar-refractivity contribution is 4.94. The third kappa shape index (κ3) is 3.32. The molecule has 1 aliphatic heterocycles. The zero-order valence-corrected chi connectivity index (χ0v) is 12.1. The van der Waals surface area contributed by atoms with Crippen molar-refractivity contribution in [3.63, 3.8) is 0 Å². The summed E-state index contributed by atoms with van der Waals surface area (Å²) in [7, 11) is 0. The summed E-state index contributed by atoms with van der Waals surface area (Å²) >= 11 is 0. The van der Waals surface area contributed by atoms with E-state index in [-0.39, 0.29) is 5.60 Å². The molecule has 0 aromatic rings.